The highest BCUT2D eigenvalue weighted by molar-refractivity contribution is 5.77. The lowest BCUT2D eigenvalue weighted by Gasteiger charge is -2.16. The first kappa shape index (κ1) is 17.2. The Labute approximate surface area is 149 Å². The van der Waals surface area contributed by atoms with Gasteiger partial charge in [-0.3, -0.25) is 9.88 Å². The quantitative estimate of drug-likeness (QED) is 0.776. The van der Waals surface area contributed by atoms with Gasteiger partial charge in [-0.2, -0.15) is 0 Å². The molecule has 0 spiro atoms. The first-order valence-electron chi connectivity index (χ1n) is 8.74. The highest BCUT2D eigenvalue weighted by Crippen LogP contribution is 2.33. The van der Waals surface area contributed by atoms with Crippen LogP contribution >= 0.6 is 0 Å². The number of benzene rings is 1. The predicted molar refractivity (Wildman–Crippen MR) is 104 cm³/mol. The minimum Gasteiger partial charge on any atom is -0.457 e. The number of rotatable bonds is 6. The molecule has 4 heteroatoms. The molecule has 0 bridgehead atoms. The van der Waals surface area contributed by atoms with Gasteiger partial charge in [0.05, 0.1) is 5.69 Å². The highest BCUT2D eigenvalue weighted by atomic mass is 16.5. The van der Waals surface area contributed by atoms with E-state index in [9.17, 15) is 0 Å². The smallest absolute Gasteiger partial charge is 0.135 e. The van der Waals surface area contributed by atoms with Gasteiger partial charge in [0.25, 0.3) is 0 Å². The molecule has 4 nitrogen and oxygen atoms in total. The van der Waals surface area contributed by atoms with Crippen LogP contribution in [0.15, 0.2) is 43.1 Å². The van der Waals surface area contributed by atoms with E-state index in [0.717, 1.165) is 48.0 Å². The third-order valence-electron chi connectivity index (χ3n) is 4.42. The van der Waals surface area contributed by atoms with Crippen LogP contribution in [0.25, 0.3) is 12.2 Å². The maximum absolute atomic E-state index is 6.15. The van der Waals surface area contributed by atoms with Crippen LogP contribution in [0.5, 0.6) is 11.5 Å². The van der Waals surface area contributed by atoms with Gasteiger partial charge in [0.15, 0.2) is 0 Å². The Kier molecular flexibility index (Phi) is 5.51. The summed E-state index contributed by atoms with van der Waals surface area (Å²) in [4.78, 5) is 6.91. The fraction of sp³-hybridized carbons (Fsp3) is 0.286. The number of anilines is 1. The van der Waals surface area contributed by atoms with E-state index in [2.05, 4.69) is 16.5 Å². The van der Waals surface area contributed by atoms with Crippen molar-refractivity contribution >= 4 is 17.8 Å². The van der Waals surface area contributed by atoms with Crippen LogP contribution in [0.2, 0.25) is 0 Å². The lowest BCUT2D eigenvalue weighted by Crippen LogP contribution is -2.18. The summed E-state index contributed by atoms with van der Waals surface area (Å²) in [6.07, 6.45) is 10.1. The van der Waals surface area contributed by atoms with Crippen LogP contribution in [0.1, 0.15) is 36.6 Å². The Morgan fingerprint density at radius 2 is 2.04 bits per heavy atom. The number of nitrogens with two attached hydrogens (primary N) is 1. The molecule has 1 saturated heterocycles. The minimum atomic E-state index is 0.694. The first-order chi connectivity index (χ1) is 12.2. The molecule has 0 radical (unpaired) electrons. The van der Waals surface area contributed by atoms with Gasteiger partial charge in [-0.25, -0.2) is 0 Å². The van der Waals surface area contributed by atoms with E-state index in [1.165, 1.54) is 12.8 Å². The number of allylic oxidation sites excluding steroid dienone is 1. The largest absolute Gasteiger partial charge is 0.457 e. The predicted octanol–water partition coefficient (Wildman–Crippen LogP) is 4.73. The van der Waals surface area contributed by atoms with Gasteiger partial charge in [-0.1, -0.05) is 24.8 Å². The van der Waals surface area contributed by atoms with E-state index >= 15 is 0 Å². The normalized spacial score (nSPS) is 14.9. The number of aromatic nitrogens is 1. The van der Waals surface area contributed by atoms with Gasteiger partial charge < -0.3 is 10.5 Å². The number of likely N-dealkylation sites (tertiary alicyclic amines) is 1. The highest BCUT2D eigenvalue weighted by Gasteiger charge is 2.14. The summed E-state index contributed by atoms with van der Waals surface area (Å²) in [5, 5.41) is 0. The second-order valence-corrected chi connectivity index (χ2v) is 6.25. The Morgan fingerprint density at radius 1 is 1.24 bits per heavy atom. The maximum Gasteiger partial charge on any atom is 0.135 e. The molecule has 0 amide bonds. The first-order valence-corrected chi connectivity index (χ1v) is 8.74. The van der Waals surface area contributed by atoms with Crippen molar-refractivity contribution in [3.63, 3.8) is 0 Å². The van der Waals surface area contributed by atoms with Crippen molar-refractivity contribution in [1.82, 2.24) is 9.88 Å². The zero-order valence-corrected chi connectivity index (χ0v) is 14.7. The van der Waals surface area contributed by atoms with Crippen molar-refractivity contribution in [2.24, 2.45) is 0 Å². The Hall–Kier alpha value is -2.59. The van der Waals surface area contributed by atoms with Crippen LogP contribution in [0, 0.1) is 0 Å². The average Bonchev–Trinajstić information content (AvgIpc) is 3.11. The molecule has 2 N–H and O–H groups in total. The minimum absolute atomic E-state index is 0.694. The Balaban J connectivity index is 1.85. The van der Waals surface area contributed by atoms with Crippen LogP contribution in [0.4, 0.5) is 5.69 Å². The summed E-state index contributed by atoms with van der Waals surface area (Å²) in [5.41, 5.74) is 9.62. The molecule has 1 aliphatic rings. The van der Waals surface area contributed by atoms with Gasteiger partial charge in [-0.15, -0.1) is 0 Å². The van der Waals surface area contributed by atoms with Crippen LogP contribution < -0.4 is 10.5 Å². The molecule has 25 heavy (non-hydrogen) atoms. The molecule has 130 valence electrons. The molecule has 0 unspecified atom stereocenters. The number of pyridine rings is 1. The van der Waals surface area contributed by atoms with Crippen LogP contribution in [0.3, 0.4) is 0 Å². The molecule has 1 fully saturated rings. The van der Waals surface area contributed by atoms with Crippen LogP contribution in [-0.4, -0.2) is 23.0 Å². The summed E-state index contributed by atoms with van der Waals surface area (Å²) in [5.74, 6) is 1.55. The number of nitrogens with zero attached hydrogens (tertiary/aromatic N) is 2. The molecule has 1 aromatic carbocycles. The summed E-state index contributed by atoms with van der Waals surface area (Å²) in [7, 11) is 0. The third-order valence-corrected chi connectivity index (χ3v) is 4.42. The standard InChI is InChI=1S/C21H25N3O/c1-3-7-19-18(4-2)20(22)8-9-21(19)25-17-10-11-23-16(14-17)15-24-12-5-6-13-24/h3-4,7-11,14H,2,5-6,12-13,15,22H2,1H3/b7-3-. The molecule has 0 aliphatic carbocycles. The van der Waals surface area contributed by atoms with Gasteiger partial charge in [-0.05, 0) is 51.1 Å². The van der Waals surface area contributed by atoms with Gasteiger partial charge in [0.2, 0.25) is 0 Å². The zero-order valence-electron chi connectivity index (χ0n) is 14.7. The molecule has 1 aromatic heterocycles. The van der Waals surface area contributed by atoms with Gasteiger partial charge in [0.1, 0.15) is 11.5 Å². The molecule has 2 heterocycles. The van der Waals surface area contributed by atoms with Gasteiger partial charge >= 0.3 is 0 Å². The molecular weight excluding hydrogens is 310 g/mol. The van der Waals surface area contributed by atoms with Crippen molar-refractivity contribution in [1.29, 1.82) is 0 Å². The van der Waals surface area contributed by atoms with E-state index in [1.807, 2.05) is 49.5 Å². The molecule has 1 aliphatic heterocycles. The number of hydrogen-bond acceptors (Lipinski definition) is 4. The lowest BCUT2D eigenvalue weighted by molar-refractivity contribution is 0.326. The fourth-order valence-corrected chi connectivity index (χ4v) is 3.19. The summed E-state index contributed by atoms with van der Waals surface area (Å²) in [6, 6.07) is 7.66. The van der Waals surface area contributed by atoms with E-state index < -0.39 is 0 Å². The number of nitrogen functional groups attached to an aromatic ring is 1. The van der Waals surface area contributed by atoms with Crippen molar-refractivity contribution in [3.05, 3.63) is 59.9 Å². The summed E-state index contributed by atoms with van der Waals surface area (Å²) < 4.78 is 6.15. The Bertz CT molecular complexity index is 777. The Morgan fingerprint density at radius 3 is 2.76 bits per heavy atom. The van der Waals surface area contributed by atoms with Crippen molar-refractivity contribution < 1.29 is 4.74 Å². The topological polar surface area (TPSA) is 51.4 Å². The summed E-state index contributed by atoms with van der Waals surface area (Å²) in [6.45, 7) is 9.02. The molecule has 3 rings (SSSR count). The third kappa shape index (κ3) is 4.09. The van der Waals surface area contributed by atoms with Crippen molar-refractivity contribution in [2.75, 3.05) is 18.8 Å². The molecule has 2 aromatic rings. The van der Waals surface area contributed by atoms with Gasteiger partial charge in [0, 0.05) is 35.6 Å². The van der Waals surface area contributed by atoms with Crippen molar-refractivity contribution in [2.45, 2.75) is 26.3 Å². The van der Waals surface area contributed by atoms with Crippen LogP contribution in [-0.2, 0) is 6.54 Å². The fourth-order valence-electron chi connectivity index (χ4n) is 3.19. The number of hydrogen-bond donors (Lipinski definition) is 1. The molecular formula is C21H25N3O. The van der Waals surface area contributed by atoms with E-state index in [1.54, 1.807) is 6.08 Å². The SMILES string of the molecule is C=Cc1c(N)ccc(Oc2ccnc(CN3CCCC3)c2)c1/C=C\C. The summed E-state index contributed by atoms with van der Waals surface area (Å²) >= 11 is 0. The second kappa shape index (κ2) is 7.99. The molecule has 0 saturated carbocycles. The van der Waals surface area contributed by atoms with E-state index in [0.29, 0.717) is 5.69 Å². The average molecular weight is 335 g/mol. The van der Waals surface area contributed by atoms with Crippen molar-refractivity contribution in [3.8, 4) is 11.5 Å². The lowest BCUT2D eigenvalue weighted by atomic mass is 10.0. The number of ether oxygens (including phenoxy) is 1. The van der Waals surface area contributed by atoms with E-state index in [-0.39, 0.29) is 0 Å². The maximum atomic E-state index is 6.15. The van der Waals surface area contributed by atoms with E-state index in [4.69, 9.17) is 10.5 Å². The zero-order chi connectivity index (χ0) is 17.6. The monoisotopic (exact) mass is 335 g/mol. The second-order valence-electron chi connectivity index (χ2n) is 6.25. The molecule has 0 atom stereocenters.